The van der Waals surface area contributed by atoms with E-state index in [-0.39, 0.29) is 6.54 Å². The van der Waals surface area contributed by atoms with Gasteiger partial charge in [-0.2, -0.15) is 0 Å². The Hall–Kier alpha value is -2.35. The third-order valence-electron chi connectivity index (χ3n) is 4.98. The quantitative estimate of drug-likeness (QED) is 0.441. The van der Waals surface area contributed by atoms with Gasteiger partial charge in [0, 0.05) is 6.54 Å². The molecule has 5 nitrogen and oxygen atoms in total. The zero-order valence-electron chi connectivity index (χ0n) is 15.5. The molecule has 0 heterocycles. The van der Waals surface area contributed by atoms with Crippen molar-refractivity contribution in [1.82, 2.24) is 10.8 Å². The van der Waals surface area contributed by atoms with Gasteiger partial charge in [0.2, 0.25) is 0 Å². The van der Waals surface area contributed by atoms with E-state index in [2.05, 4.69) is 5.32 Å². The normalized spacial score (nSPS) is 15.9. The lowest BCUT2D eigenvalue weighted by atomic mass is 9.81. The first kappa shape index (κ1) is 21.0. The lowest BCUT2D eigenvalue weighted by Gasteiger charge is -2.40. The fraction of sp³-hybridized carbons (Fsp3) is 0.350. The summed E-state index contributed by atoms with van der Waals surface area (Å²) in [6.45, 7) is 4.01. The van der Waals surface area contributed by atoms with Crippen LogP contribution < -0.4 is 10.8 Å². The maximum Gasteiger partial charge on any atom is 0.268 e. The molecular formula is C20H24F2N2O3. The molecule has 0 bridgehead atoms. The summed E-state index contributed by atoms with van der Waals surface area (Å²) in [6, 6.07) is 15.4. The van der Waals surface area contributed by atoms with Crippen LogP contribution in [0.4, 0.5) is 8.78 Å². The summed E-state index contributed by atoms with van der Waals surface area (Å²) in [5.41, 5.74) is 0.475. The van der Waals surface area contributed by atoms with E-state index in [9.17, 15) is 18.7 Å². The topological polar surface area (TPSA) is 81.6 Å². The van der Waals surface area contributed by atoms with Crippen molar-refractivity contribution in [2.24, 2.45) is 0 Å². The summed E-state index contributed by atoms with van der Waals surface area (Å²) in [7, 11) is 0. The van der Waals surface area contributed by atoms with E-state index in [1.807, 2.05) is 43.3 Å². The Morgan fingerprint density at radius 1 is 1.04 bits per heavy atom. The van der Waals surface area contributed by atoms with E-state index < -0.39 is 23.5 Å². The molecule has 0 fully saturated rings. The number of nitrogens with one attached hydrogen (secondary N) is 2. The molecule has 0 aromatic heterocycles. The van der Waals surface area contributed by atoms with E-state index >= 15 is 0 Å². The fourth-order valence-electron chi connectivity index (χ4n) is 2.66. The molecule has 4 N–H and O–H groups in total. The largest absolute Gasteiger partial charge is 0.382 e. The Morgan fingerprint density at radius 3 is 1.96 bits per heavy atom. The van der Waals surface area contributed by atoms with Crippen LogP contribution in [-0.2, 0) is 11.3 Å². The van der Waals surface area contributed by atoms with Gasteiger partial charge in [0.25, 0.3) is 12.3 Å². The van der Waals surface area contributed by atoms with E-state index in [1.54, 1.807) is 12.1 Å². The molecule has 1 amide bonds. The predicted molar refractivity (Wildman–Crippen MR) is 98.4 cm³/mol. The molecule has 2 atom stereocenters. The monoisotopic (exact) mass is 378 g/mol. The molecule has 0 aliphatic rings. The first-order chi connectivity index (χ1) is 12.6. The van der Waals surface area contributed by atoms with E-state index in [0.29, 0.717) is 0 Å². The van der Waals surface area contributed by atoms with Crippen LogP contribution in [0.1, 0.15) is 25.0 Å². The van der Waals surface area contributed by atoms with Gasteiger partial charge in [-0.15, -0.1) is 0 Å². The van der Waals surface area contributed by atoms with E-state index in [4.69, 9.17) is 5.21 Å². The highest BCUT2D eigenvalue weighted by molar-refractivity contribution is 5.86. The van der Waals surface area contributed by atoms with Crippen molar-refractivity contribution in [2.75, 3.05) is 0 Å². The number of carbonyl (C=O) groups is 1. The Labute approximate surface area is 157 Å². The van der Waals surface area contributed by atoms with Gasteiger partial charge >= 0.3 is 0 Å². The second-order valence-electron chi connectivity index (χ2n) is 6.93. The van der Waals surface area contributed by atoms with Crippen molar-refractivity contribution in [3.63, 3.8) is 0 Å². The number of rotatable bonds is 7. The summed E-state index contributed by atoms with van der Waals surface area (Å²) in [4.78, 5) is 12.0. The number of alkyl halides is 2. The Kier molecular flexibility index (Phi) is 6.30. The van der Waals surface area contributed by atoms with Crippen LogP contribution >= 0.6 is 0 Å². The van der Waals surface area contributed by atoms with Gasteiger partial charge in [0.15, 0.2) is 0 Å². The van der Waals surface area contributed by atoms with Gasteiger partial charge in [-0.05, 0) is 37.5 Å². The summed E-state index contributed by atoms with van der Waals surface area (Å²) < 4.78 is 26.5. The van der Waals surface area contributed by atoms with Gasteiger partial charge in [-0.3, -0.25) is 15.3 Å². The minimum Gasteiger partial charge on any atom is -0.382 e. The Balaban J connectivity index is 2.18. The molecule has 0 unspecified atom stereocenters. The number of benzene rings is 2. The van der Waals surface area contributed by atoms with Crippen molar-refractivity contribution in [3.05, 3.63) is 59.7 Å². The molecule has 2 rings (SSSR count). The van der Waals surface area contributed by atoms with Gasteiger partial charge in [-0.25, -0.2) is 14.3 Å². The smallest absolute Gasteiger partial charge is 0.268 e. The molecule has 0 saturated carbocycles. The van der Waals surface area contributed by atoms with Gasteiger partial charge in [-0.1, -0.05) is 54.1 Å². The summed E-state index contributed by atoms with van der Waals surface area (Å²) in [6.07, 6.45) is -3.20. The number of halogens is 2. The number of aliphatic hydroxyl groups is 1. The standard InChI is InChI=1S/C20H24F2N2O3/c1-13-4-8-15(9-5-13)16-10-6-14(7-11-16)12-23-19(2,18(25)24-27)20(3,26)17(21)22/h4-11,17,23,26-27H,12H2,1-3H3,(H,24,25)/t19-,20-/m1/s1. The maximum atomic E-state index is 13.2. The fourth-order valence-corrected chi connectivity index (χ4v) is 2.66. The average molecular weight is 378 g/mol. The molecule has 2 aromatic carbocycles. The molecule has 0 aliphatic carbocycles. The van der Waals surface area contributed by atoms with E-state index in [1.165, 1.54) is 5.48 Å². The minimum atomic E-state index is -3.20. The Bertz CT molecular complexity index is 777. The second kappa shape index (κ2) is 8.12. The third-order valence-corrected chi connectivity index (χ3v) is 4.98. The van der Waals surface area contributed by atoms with Crippen LogP contribution in [0.5, 0.6) is 0 Å². The van der Waals surface area contributed by atoms with Gasteiger partial charge in [0.1, 0.15) is 11.1 Å². The van der Waals surface area contributed by atoms with Crippen molar-refractivity contribution < 1.29 is 23.9 Å². The number of amides is 1. The van der Waals surface area contributed by atoms with Crippen LogP contribution in [-0.4, -0.2) is 33.8 Å². The van der Waals surface area contributed by atoms with Crippen LogP contribution in [0.25, 0.3) is 11.1 Å². The highest BCUT2D eigenvalue weighted by Gasteiger charge is 2.54. The summed E-state index contributed by atoms with van der Waals surface area (Å²) >= 11 is 0. The molecule has 7 heteroatoms. The first-order valence-electron chi connectivity index (χ1n) is 8.48. The highest BCUT2D eigenvalue weighted by Crippen LogP contribution is 2.29. The maximum absolute atomic E-state index is 13.2. The number of hydroxylamine groups is 1. The highest BCUT2D eigenvalue weighted by atomic mass is 19.3. The molecule has 0 radical (unpaired) electrons. The predicted octanol–water partition coefficient (Wildman–Crippen LogP) is 3.03. The minimum absolute atomic E-state index is 0.0426. The number of carbonyl (C=O) groups excluding carboxylic acids is 1. The van der Waals surface area contributed by atoms with Crippen molar-refractivity contribution in [2.45, 2.75) is 44.9 Å². The molecular weight excluding hydrogens is 354 g/mol. The molecule has 2 aromatic rings. The zero-order chi connectivity index (χ0) is 20.2. The number of hydrogen-bond acceptors (Lipinski definition) is 4. The summed E-state index contributed by atoms with van der Waals surface area (Å²) in [5.74, 6) is -1.15. The zero-order valence-corrected chi connectivity index (χ0v) is 15.5. The summed E-state index contributed by atoms with van der Waals surface area (Å²) in [5, 5.41) is 21.7. The van der Waals surface area contributed by atoms with Crippen LogP contribution in [0.2, 0.25) is 0 Å². The van der Waals surface area contributed by atoms with Crippen molar-refractivity contribution in [3.8, 4) is 11.1 Å². The molecule has 0 spiro atoms. The van der Waals surface area contributed by atoms with Crippen molar-refractivity contribution in [1.29, 1.82) is 0 Å². The SMILES string of the molecule is Cc1ccc(-c2ccc(CN[C@](C)(C(=O)NO)[C@](C)(O)C(F)F)cc2)cc1. The lowest BCUT2D eigenvalue weighted by molar-refractivity contribution is -0.167. The third kappa shape index (κ3) is 4.32. The molecule has 0 saturated heterocycles. The lowest BCUT2D eigenvalue weighted by Crippen LogP contribution is -2.69. The van der Waals surface area contributed by atoms with E-state index in [0.717, 1.165) is 36.1 Å². The van der Waals surface area contributed by atoms with Crippen LogP contribution in [0, 0.1) is 6.92 Å². The molecule has 146 valence electrons. The Morgan fingerprint density at radius 2 is 1.52 bits per heavy atom. The number of aryl methyl sites for hydroxylation is 1. The average Bonchev–Trinajstić information content (AvgIpc) is 2.66. The first-order valence-corrected chi connectivity index (χ1v) is 8.48. The molecule has 27 heavy (non-hydrogen) atoms. The van der Waals surface area contributed by atoms with Crippen LogP contribution in [0.3, 0.4) is 0 Å². The molecule has 0 aliphatic heterocycles. The van der Waals surface area contributed by atoms with Gasteiger partial charge < -0.3 is 5.11 Å². The van der Waals surface area contributed by atoms with Gasteiger partial charge in [0.05, 0.1) is 0 Å². The second-order valence-corrected chi connectivity index (χ2v) is 6.93. The van der Waals surface area contributed by atoms with Crippen molar-refractivity contribution >= 4 is 5.91 Å². The van der Waals surface area contributed by atoms with Crippen LogP contribution in [0.15, 0.2) is 48.5 Å². The number of hydrogen-bond donors (Lipinski definition) is 4.